The topological polar surface area (TPSA) is 37.3 Å². The summed E-state index contributed by atoms with van der Waals surface area (Å²) in [4.78, 5) is 12.1. The molecule has 1 heterocycles. The third kappa shape index (κ3) is 3.01. The molecule has 0 aliphatic carbocycles. The molecule has 2 rings (SSSR count). The summed E-state index contributed by atoms with van der Waals surface area (Å²) in [6.45, 7) is 0. The number of aromatic carboxylic acids is 1. The fraction of sp³-hybridized carbons (Fsp3) is 0.0833. The molecule has 0 aliphatic rings. The van der Waals surface area contributed by atoms with Crippen LogP contribution in [-0.2, 0) is 5.75 Å². The number of benzene rings is 1. The van der Waals surface area contributed by atoms with E-state index in [1.165, 1.54) is 23.1 Å². The summed E-state index contributed by atoms with van der Waals surface area (Å²) < 4.78 is 0. The Hall–Kier alpha value is -0.680. The predicted molar refractivity (Wildman–Crippen MR) is 77.3 cm³/mol. The van der Waals surface area contributed by atoms with E-state index in [4.69, 9.17) is 28.3 Å². The molecule has 1 aromatic heterocycles. The lowest BCUT2D eigenvalue weighted by molar-refractivity contribution is 0.0701. The Morgan fingerprint density at radius 2 is 1.94 bits per heavy atom. The van der Waals surface area contributed by atoms with E-state index >= 15 is 0 Å². The van der Waals surface area contributed by atoms with Gasteiger partial charge in [-0.3, -0.25) is 0 Å². The van der Waals surface area contributed by atoms with Crippen molar-refractivity contribution < 1.29 is 9.90 Å². The first-order valence-electron chi connectivity index (χ1n) is 4.96. The third-order valence-electron chi connectivity index (χ3n) is 2.23. The number of thiophene rings is 1. The van der Waals surface area contributed by atoms with Crippen LogP contribution in [0.3, 0.4) is 0 Å². The number of carboxylic acids is 1. The van der Waals surface area contributed by atoms with Gasteiger partial charge in [0.2, 0.25) is 0 Å². The van der Waals surface area contributed by atoms with Gasteiger partial charge in [-0.1, -0.05) is 29.3 Å². The van der Waals surface area contributed by atoms with Gasteiger partial charge in [0.15, 0.2) is 0 Å². The Bertz CT molecular complexity index is 561. The van der Waals surface area contributed by atoms with Crippen LogP contribution in [0.25, 0.3) is 0 Å². The van der Waals surface area contributed by atoms with Gasteiger partial charge >= 0.3 is 5.97 Å². The van der Waals surface area contributed by atoms with Crippen LogP contribution in [0.4, 0.5) is 0 Å². The zero-order valence-electron chi connectivity index (χ0n) is 9.02. The van der Waals surface area contributed by atoms with E-state index < -0.39 is 5.97 Å². The van der Waals surface area contributed by atoms with Crippen molar-refractivity contribution in [3.63, 3.8) is 0 Å². The van der Waals surface area contributed by atoms with E-state index in [0.29, 0.717) is 20.7 Å². The van der Waals surface area contributed by atoms with Crippen molar-refractivity contribution in [2.24, 2.45) is 0 Å². The first-order chi connectivity index (χ1) is 8.59. The summed E-state index contributed by atoms with van der Waals surface area (Å²) in [5, 5.41) is 11.9. The van der Waals surface area contributed by atoms with Gasteiger partial charge in [0.05, 0.1) is 10.0 Å². The lowest BCUT2D eigenvalue weighted by Crippen LogP contribution is -1.96. The van der Waals surface area contributed by atoms with Gasteiger partial charge in [-0.25, -0.2) is 4.79 Å². The van der Waals surface area contributed by atoms with Crippen LogP contribution in [0.5, 0.6) is 0 Å². The van der Waals surface area contributed by atoms with Crippen molar-refractivity contribution in [3.05, 3.63) is 50.1 Å². The molecule has 2 nitrogen and oxygen atoms in total. The molecule has 1 N–H and O–H groups in total. The first-order valence-corrected chi connectivity index (χ1v) is 7.58. The van der Waals surface area contributed by atoms with E-state index in [2.05, 4.69) is 0 Å². The number of carbonyl (C=O) groups is 1. The van der Waals surface area contributed by atoms with E-state index in [1.54, 1.807) is 23.6 Å². The van der Waals surface area contributed by atoms with Crippen LogP contribution in [0, 0.1) is 0 Å². The van der Waals surface area contributed by atoms with Crippen molar-refractivity contribution in [2.75, 3.05) is 0 Å². The van der Waals surface area contributed by atoms with Gasteiger partial charge in [0.1, 0.15) is 4.88 Å². The summed E-state index contributed by atoms with van der Waals surface area (Å²) in [6.07, 6.45) is 0. The summed E-state index contributed by atoms with van der Waals surface area (Å²) in [5.74, 6) is -0.361. The Kier molecular flexibility index (Phi) is 4.56. The Morgan fingerprint density at radius 1 is 1.28 bits per heavy atom. The average Bonchev–Trinajstić information content (AvgIpc) is 2.76. The second-order valence-corrected chi connectivity index (χ2v) is 6.14. The Balaban J connectivity index is 2.17. The minimum Gasteiger partial charge on any atom is -0.477 e. The molecule has 1 aromatic carbocycles. The normalized spacial score (nSPS) is 10.6. The molecule has 0 radical (unpaired) electrons. The number of rotatable bonds is 4. The first kappa shape index (κ1) is 13.7. The molecule has 0 spiro atoms. The standard InChI is InChI=1S/C12H8Cl2O2S2/c13-8-2-1-3-9(14)11(8)18-6-7-4-5-17-10(7)12(15)16/h1-5H,6H2,(H,15,16). The Labute approximate surface area is 123 Å². The molecule has 0 unspecified atom stereocenters. The quantitative estimate of drug-likeness (QED) is 0.802. The number of hydrogen-bond acceptors (Lipinski definition) is 3. The van der Waals surface area contributed by atoms with Crippen LogP contribution in [0.1, 0.15) is 15.2 Å². The largest absolute Gasteiger partial charge is 0.477 e. The molecule has 0 amide bonds. The van der Waals surface area contributed by atoms with Crippen molar-refractivity contribution in [2.45, 2.75) is 10.6 Å². The molecule has 2 aromatic rings. The second-order valence-electron chi connectivity index (χ2n) is 3.42. The van der Waals surface area contributed by atoms with Crippen molar-refractivity contribution in [3.8, 4) is 0 Å². The summed E-state index contributed by atoms with van der Waals surface area (Å²) in [7, 11) is 0. The molecule has 0 bridgehead atoms. The van der Waals surface area contributed by atoms with Crippen molar-refractivity contribution in [1.82, 2.24) is 0 Å². The molecular formula is C12H8Cl2O2S2. The number of halogens is 2. The van der Waals surface area contributed by atoms with E-state index in [1.807, 2.05) is 6.07 Å². The molecule has 0 aliphatic heterocycles. The van der Waals surface area contributed by atoms with E-state index in [9.17, 15) is 4.79 Å². The van der Waals surface area contributed by atoms with Crippen LogP contribution >= 0.6 is 46.3 Å². The zero-order chi connectivity index (χ0) is 13.1. The molecular weight excluding hydrogens is 311 g/mol. The molecule has 18 heavy (non-hydrogen) atoms. The average molecular weight is 319 g/mol. The molecule has 6 heteroatoms. The fourth-order valence-electron chi connectivity index (χ4n) is 1.41. The van der Waals surface area contributed by atoms with Gasteiger partial charge in [-0.15, -0.1) is 23.1 Å². The number of carboxylic acid groups (broad SMARTS) is 1. The lowest BCUT2D eigenvalue weighted by atomic mass is 10.3. The molecule has 0 fully saturated rings. The zero-order valence-corrected chi connectivity index (χ0v) is 12.2. The molecule has 0 saturated carbocycles. The molecule has 94 valence electrons. The highest BCUT2D eigenvalue weighted by Gasteiger charge is 2.13. The SMILES string of the molecule is O=C(O)c1sccc1CSc1c(Cl)cccc1Cl. The molecule has 0 atom stereocenters. The van der Waals surface area contributed by atoms with Gasteiger partial charge in [-0.2, -0.15) is 0 Å². The van der Waals surface area contributed by atoms with Gasteiger partial charge in [0, 0.05) is 10.6 Å². The van der Waals surface area contributed by atoms with Gasteiger partial charge < -0.3 is 5.11 Å². The van der Waals surface area contributed by atoms with Crippen molar-refractivity contribution in [1.29, 1.82) is 0 Å². The summed E-state index contributed by atoms with van der Waals surface area (Å²) in [5.41, 5.74) is 0.786. The second kappa shape index (κ2) is 5.97. The van der Waals surface area contributed by atoms with E-state index in [0.717, 1.165) is 10.5 Å². The maximum atomic E-state index is 11.0. The van der Waals surface area contributed by atoms with E-state index in [-0.39, 0.29) is 0 Å². The minimum absolute atomic E-state index is 0.366. The fourth-order valence-corrected chi connectivity index (χ4v) is 3.94. The predicted octanol–water partition coefficient (Wildman–Crippen LogP) is 5.05. The van der Waals surface area contributed by atoms with Crippen LogP contribution in [0.2, 0.25) is 10.0 Å². The van der Waals surface area contributed by atoms with Crippen molar-refractivity contribution >= 4 is 52.3 Å². The highest BCUT2D eigenvalue weighted by Crippen LogP contribution is 2.36. The number of hydrogen-bond donors (Lipinski definition) is 1. The minimum atomic E-state index is -0.897. The van der Waals surface area contributed by atoms with Crippen LogP contribution < -0.4 is 0 Å². The van der Waals surface area contributed by atoms with Crippen LogP contribution in [0.15, 0.2) is 34.5 Å². The van der Waals surface area contributed by atoms with Crippen LogP contribution in [-0.4, -0.2) is 11.1 Å². The monoisotopic (exact) mass is 318 g/mol. The third-order valence-corrected chi connectivity index (χ3v) is 5.21. The Morgan fingerprint density at radius 3 is 2.56 bits per heavy atom. The number of thioether (sulfide) groups is 1. The maximum absolute atomic E-state index is 11.0. The van der Waals surface area contributed by atoms with Gasteiger partial charge in [0.25, 0.3) is 0 Å². The smallest absolute Gasteiger partial charge is 0.346 e. The highest BCUT2D eigenvalue weighted by molar-refractivity contribution is 7.98. The maximum Gasteiger partial charge on any atom is 0.346 e. The molecule has 0 saturated heterocycles. The highest BCUT2D eigenvalue weighted by atomic mass is 35.5. The lowest BCUT2D eigenvalue weighted by Gasteiger charge is -2.06. The van der Waals surface area contributed by atoms with Gasteiger partial charge in [-0.05, 0) is 29.1 Å². The summed E-state index contributed by atoms with van der Waals surface area (Å²) >= 11 is 14.8. The summed E-state index contributed by atoms with van der Waals surface area (Å²) in [6, 6.07) is 7.12.